The van der Waals surface area contributed by atoms with E-state index in [1.807, 2.05) is 24.3 Å². The zero-order chi connectivity index (χ0) is 13.1. The van der Waals surface area contributed by atoms with Gasteiger partial charge in [0, 0.05) is 0 Å². The predicted octanol–water partition coefficient (Wildman–Crippen LogP) is 2.05. The van der Waals surface area contributed by atoms with Crippen molar-refractivity contribution in [2.45, 2.75) is 13.5 Å². The number of methoxy groups -OCH3 is 1. The highest BCUT2D eigenvalue weighted by atomic mass is 16.6. The number of ether oxygens (including phenoxy) is 1. The molecule has 0 spiro atoms. The summed E-state index contributed by atoms with van der Waals surface area (Å²) in [5, 5.41) is 13.0. The molecule has 0 saturated heterocycles. The van der Waals surface area contributed by atoms with Gasteiger partial charge in [-0.1, -0.05) is 12.1 Å². The Bertz CT molecular complexity index is 560. The van der Waals surface area contributed by atoms with Crippen molar-refractivity contribution in [2.24, 2.45) is 0 Å². The van der Waals surface area contributed by atoms with E-state index in [1.165, 1.54) is 6.20 Å². The second kappa shape index (κ2) is 4.87. The number of hydrogen-bond acceptors (Lipinski definition) is 3. The quantitative estimate of drug-likeness (QED) is 0.841. The maximum absolute atomic E-state index is 10.8. The average molecular weight is 248 g/mol. The smallest absolute Gasteiger partial charge is 0.356 e. The normalized spacial score (nSPS) is 10.3. The van der Waals surface area contributed by atoms with Gasteiger partial charge in [0.1, 0.15) is 17.6 Å². The summed E-state index contributed by atoms with van der Waals surface area (Å²) >= 11 is 0. The topological polar surface area (TPSA) is 67.4 Å². The van der Waals surface area contributed by atoms with Crippen molar-refractivity contribution in [1.29, 1.82) is 0 Å². The summed E-state index contributed by atoms with van der Waals surface area (Å²) < 4.78 is 6.68. The van der Waals surface area contributed by atoms with E-state index in [4.69, 9.17) is 9.94 Å². The van der Waals surface area contributed by atoms with Gasteiger partial charge < -0.3 is 4.74 Å². The summed E-state index contributed by atoms with van der Waals surface area (Å²) in [6.45, 7) is 2.19. The Balaban J connectivity index is 2.18. The Kier molecular flexibility index (Phi) is 3.27. The van der Waals surface area contributed by atoms with E-state index < -0.39 is 0 Å². The van der Waals surface area contributed by atoms with Crippen molar-refractivity contribution in [3.05, 3.63) is 46.6 Å². The number of hydrogen-bond donors (Lipinski definition) is 1. The van der Waals surface area contributed by atoms with Crippen molar-refractivity contribution in [1.82, 2.24) is 9.78 Å². The summed E-state index contributed by atoms with van der Waals surface area (Å²) in [7, 11) is 1.61. The summed E-state index contributed by atoms with van der Waals surface area (Å²) in [5.74, 6) is 0.789. The van der Waals surface area contributed by atoms with Crippen LogP contribution in [0.2, 0.25) is 0 Å². The van der Waals surface area contributed by atoms with E-state index >= 15 is 0 Å². The lowest BCUT2D eigenvalue weighted by Gasteiger charge is -2.03. The van der Waals surface area contributed by atoms with Gasteiger partial charge in [-0.3, -0.25) is 4.68 Å². The van der Waals surface area contributed by atoms with Crippen LogP contribution in [-0.4, -0.2) is 27.0 Å². The van der Waals surface area contributed by atoms with Gasteiger partial charge in [0.2, 0.25) is 0 Å². The van der Waals surface area contributed by atoms with E-state index in [0.29, 0.717) is 12.2 Å². The number of rotatable bonds is 4. The van der Waals surface area contributed by atoms with E-state index in [0.717, 1.165) is 11.3 Å². The fourth-order valence-electron chi connectivity index (χ4n) is 1.69. The molecule has 0 aliphatic rings. The summed E-state index contributed by atoms with van der Waals surface area (Å²) in [5.41, 5.74) is 1.67. The van der Waals surface area contributed by atoms with Crippen LogP contribution < -0.4 is 4.74 Å². The van der Waals surface area contributed by atoms with Crippen LogP contribution in [0.1, 0.15) is 11.3 Å². The maximum Gasteiger partial charge on any atom is 0.356 e. The van der Waals surface area contributed by atoms with Crippen molar-refractivity contribution >= 4 is 5.69 Å². The van der Waals surface area contributed by atoms with Crippen LogP contribution in [-0.2, 0) is 6.54 Å². The van der Waals surface area contributed by atoms with Crippen LogP contribution in [0, 0.1) is 11.8 Å². The Morgan fingerprint density at radius 2 is 2.06 bits per heavy atom. The van der Waals surface area contributed by atoms with Crippen molar-refractivity contribution in [3.63, 3.8) is 0 Å². The first-order chi connectivity index (χ1) is 8.60. The number of aryl methyl sites for hydroxylation is 1. The Labute approximate surface area is 104 Å². The van der Waals surface area contributed by atoms with Gasteiger partial charge >= 0.3 is 5.69 Å². The molecule has 2 rings (SSSR count). The SMILES string of the molecule is COc1ccc(Cn2cc([N+](=O)O)c(C)n2)cc1. The summed E-state index contributed by atoms with van der Waals surface area (Å²) in [4.78, 5) is 10.6. The van der Waals surface area contributed by atoms with Crippen molar-refractivity contribution in [2.75, 3.05) is 7.11 Å². The largest absolute Gasteiger partial charge is 0.497 e. The first-order valence-corrected chi connectivity index (χ1v) is 5.43. The monoisotopic (exact) mass is 248 g/mol. The molecule has 18 heavy (non-hydrogen) atoms. The maximum atomic E-state index is 10.8. The third-order valence-corrected chi connectivity index (χ3v) is 2.63. The van der Waals surface area contributed by atoms with Crippen molar-refractivity contribution < 1.29 is 14.9 Å². The van der Waals surface area contributed by atoms with Gasteiger partial charge in [0.05, 0.1) is 18.6 Å². The van der Waals surface area contributed by atoms with Crippen LogP contribution in [0.3, 0.4) is 0 Å². The molecule has 1 aromatic carbocycles. The van der Waals surface area contributed by atoms with Gasteiger partial charge in [-0.25, -0.2) is 5.21 Å². The highest BCUT2D eigenvalue weighted by Crippen LogP contribution is 2.16. The minimum absolute atomic E-state index is 0.156. The van der Waals surface area contributed by atoms with Gasteiger partial charge in [-0.2, -0.15) is 5.10 Å². The molecular weight excluding hydrogens is 234 g/mol. The molecule has 0 amide bonds. The number of nitrogens with zero attached hydrogens (tertiary/aromatic N) is 3. The predicted molar refractivity (Wildman–Crippen MR) is 64.1 cm³/mol. The van der Waals surface area contributed by atoms with Crippen molar-refractivity contribution in [3.8, 4) is 5.75 Å². The fourth-order valence-corrected chi connectivity index (χ4v) is 1.69. The van der Waals surface area contributed by atoms with Gasteiger partial charge in [-0.15, -0.1) is 0 Å². The molecule has 0 aliphatic heterocycles. The second-order valence-corrected chi connectivity index (χ2v) is 3.92. The molecule has 0 fully saturated rings. The van der Waals surface area contributed by atoms with Crippen LogP contribution in [0.25, 0.3) is 0 Å². The molecule has 0 aliphatic carbocycles. The Morgan fingerprint density at radius 1 is 1.39 bits per heavy atom. The molecule has 1 aromatic heterocycles. The first-order valence-electron chi connectivity index (χ1n) is 5.43. The highest BCUT2D eigenvalue weighted by molar-refractivity contribution is 5.31. The molecule has 1 N–H and O–H groups in total. The molecular formula is C12H14N3O3+. The molecule has 0 radical (unpaired) electrons. The van der Waals surface area contributed by atoms with E-state index in [2.05, 4.69) is 5.10 Å². The molecule has 94 valence electrons. The summed E-state index contributed by atoms with van der Waals surface area (Å²) in [6, 6.07) is 7.56. The standard InChI is InChI=1S/C12H14N3O3/c1-9-12(15(16)17)8-14(13-9)7-10-3-5-11(18-2)6-4-10/h3-6,8H,7H2,1-2H3,(H,16,17)/q+1. The Hall–Kier alpha value is -2.37. The number of aromatic nitrogens is 2. The van der Waals surface area contributed by atoms with Crippen LogP contribution >= 0.6 is 0 Å². The molecule has 6 nitrogen and oxygen atoms in total. The zero-order valence-electron chi connectivity index (χ0n) is 10.2. The molecule has 0 atom stereocenters. The van der Waals surface area contributed by atoms with E-state index in [9.17, 15) is 4.91 Å². The Morgan fingerprint density at radius 3 is 2.56 bits per heavy atom. The van der Waals surface area contributed by atoms with E-state index in [-0.39, 0.29) is 10.6 Å². The third kappa shape index (κ3) is 2.48. The average Bonchev–Trinajstić information content (AvgIpc) is 2.71. The lowest BCUT2D eigenvalue weighted by Crippen LogP contribution is -2.00. The van der Waals surface area contributed by atoms with Gasteiger partial charge in [0.15, 0.2) is 0 Å². The second-order valence-electron chi connectivity index (χ2n) is 3.92. The summed E-state index contributed by atoms with van der Waals surface area (Å²) in [6.07, 6.45) is 1.51. The molecule has 0 unspecified atom stereocenters. The third-order valence-electron chi connectivity index (χ3n) is 2.63. The minimum Gasteiger partial charge on any atom is -0.497 e. The fraction of sp³-hybridized carbons (Fsp3) is 0.250. The van der Waals surface area contributed by atoms with Crippen LogP contribution in [0.15, 0.2) is 30.5 Å². The molecule has 2 aromatic rings. The molecule has 0 bridgehead atoms. The molecule has 1 heterocycles. The highest BCUT2D eigenvalue weighted by Gasteiger charge is 2.20. The molecule has 6 heteroatoms. The van der Waals surface area contributed by atoms with Gasteiger partial charge in [0.25, 0.3) is 4.92 Å². The lowest BCUT2D eigenvalue weighted by molar-refractivity contribution is -0.730. The lowest BCUT2D eigenvalue weighted by atomic mass is 10.2. The zero-order valence-corrected chi connectivity index (χ0v) is 10.2. The van der Waals surface area contributed by atoms with Crippen LogP contribution in [0.4, 0.5) is 5.69 Å². The van der Waals surface area contributed by atoms with Crippen LogP contribution in [0.5, 0.6) is 5.75 Å². The molecule has 0 saturated carbocycles. The first kappa shape index (κ1) is 12.1. The minimum atomic E-state index is -0.174. The van der Waals surface area contributed by atoms with Gasteiger partial charge in [-0.05, 0) is 24.6 Å². The van der Waals surface area contributed by atoms with E-state index in [1.54, 1.807) is 18.7 Å². The number of benzene rings is 1.